The summed E-state index contributed by atoms with van der Waals surface area (Å²) in [5, 5.41) is 20.9. The molecule has 6 heteroatoms. The van der Waals surface area contributed by atoms with E-state index in [1.807, 2.05) is 18.2 Å². The first-order valence-corrected chi connectivity index (χ1v) is 8.37. The number of benzene rings is 3. The zero-order valence-corrected chi connectivity index (χ0v) is 14.4. The molecule has 1 aliphatic carbocycles. The highest BCUT2D eigenvalue weighted by molar-refractivity contribution is 6.27. The Hall–Kier alpha value is -4.24. The molecule has 28 heavy (non-hydrogen) atoms. The van der Waals surface area contributed by atoms with E-state index < -0.39 is 11.9 Å². The molecular weight excluding hydrogens is 356 g/mol. The first-order valence-electron chi connectivity index (χ1n) is 8.37. The molecule has 3 aromatic rings. The lowest BCUT2D eigenvalue weighted by atomic mass is 10.00. The molecule has 6 nitrogen and oxygen atoms in total. The lowest BCUT2D eigenvalue weighted by Crippen LogP contribution is -2.18. The van der Waals surface area contributed by atoms with Gasteiger partial charge in [0, 0.05) is 11.1 Å². The number of rotatable bonds is 3. The summed E-state index contributed by atoms with van der Waals surface area (Å²) in [6.07, 6.45) is 0. The maximum absolute atomic E-state index is 12.9. The minimum Gasteiger partial charge on any atom is -0.478 e. The van der Waals surface area contributed by atoms with E-state index in [1.165, 1.54) is 24.3 Å². The number of nitrogens with one attached hydrogen (secondary N) is 1. The van der Waals surface area contributed by atoms with Gasteiger partial charge in [0.1, 0.15) is 0 Å². The van der Waals surface area contributed by atoms with Gasteiger partial charge in [-0.05, 0) is 35.4 Å². The molecule has 134 valence electrons. The highest BCUT2D eigenvalue weighted by atomic mass is 16.4. The lowest BCUT2D eigenvalue weighted by molar-refractivity contribution is 0.0697. The number of nitriles is 1. The fourth-order valence-electron chi connectivity index (χ4n) is 3.35. The fraction of sp³-hybridized carbons (Fsp3) is 0. The van der Waals surface area contributed by atoms with Crippen LogP contribution in [0.1, 0.15) is 42.2 Å². The summed E-state index contributed by atoms with van der Waals surface area (Å²) in [5.74, 6) is -2.10. The smallest absolute Gasteiger partial charge is 0.337 e. The molecule has 4 rings (SSSR count). The Balaban J connectivity index is 1.76. The fourth-order valence-corrected chi connectivity index (χ4v) is 3.35. The van der Waals surface area contributed by atoms with E-state index in [4.69, 9.17) is 5.26 Å². The minimum atomic E-state index is -1.27. The summed E-state index contributed by atoms with van der Waals surface area (Å²) in [7, 11) is 0. The average molecular weight is 368 g/mol. The highest BCUT2D eigenvalue weighted by Gasteiger charge is 2.30. The first-order chi connectivity index (χ1) is 13.5. The van der Waals surface area contributed by atoms with Gasteiger partial charge in [0.2, 0.25) is 0 Å². The van der Waals surface area contributed by atoms with Crippen LogP contribution in [0.3, 0.4) is 0 Å². The van der Waals surface area contributed by atoms with Gasteiger partial charge < -0.3 is 10.4 Å². The van der Waals surface area contributed by atoms with Gasteiger partial charge in [-0.1, -0.05) is 36.4 Å². The SMILES string of the molecule is N#Cc1ccc(NC(=O)c2cccc3c2C(=O)c2ccccc2-3)c(C(=O)O)c1. The third kappa shape index (κ3) is 2.63. The van der Waals surface area contributed by atoms with Crippen LogP contribution in [-0.2, 0) is 0 Å². The number of carbonyl (C=O) groups excluding carboxylic acids is 2. The van der Waals surface area contributed by atoms with E-state index in [0.29, 0.717) is 16.7 Å². The monoisotopic (exact) mass is 368 g/mol. The molecule has 0 saturated carbocycles. The van der Waals surface area contributed by atoms with Crippen LogP contribution in [0.4, 0.5) is 5.69 Å². The van der Waals surface area contributed by atoms with Crippen molar-refractivity contribution in [2.75, 3.05) is 5.32 Å². The highest BCUT2D eigenvalue weighted by Crippen LogP contribution is 2.38. The van der Waals surface area contributed by atoms with Gasteiger partial charge in [-0.2, -0.15) is 5.26 Å². The predicted molar refractivity (Wildman–Crippen MR) is 101 cm³/mol. The van der Waals surface area contributed by atoms with Crippen LogP contribution < -0.4 is 5.32 Å². The van der Waals surface area contributed by atoms with Crippen molar-refractivity contribution in [1.29, 1.82) is 5.26 Å². The molecule has 1 aliphatic rings. The molecule has 0 aromatic heterocycles. The number of hydrogen-bond donors (Lipinski definition) is 2. The molecule has 0 spiro atoms. The molecule has 2 N–H and O–H groups in total. The molecule has 0 saturated heterocycles. The summed E-state index contributed by atoms with van der Waals surface area (Å²) in [4.78, 5) is 37.2. The molecule has 0 aliphatic heterocycles. The maximum atomic E-state index is 12.9. The van der Waals surface area contributed by atoms with Crippen LogP contribution >= 0.6 is 0 Å². The van der Waals surface area contributed by atoms with Crippen molar-refractivity contribution in [2.24, 2.45) is 0 Å². The standard InChI is InChI=1S/C22H12N2O4/c23-11-12-8-9-18(17(10-12)22(27)28)24-21(26)16-7-3-6-14-13-4-1-2-5-15(13)20(25)19(14)16/h1-10H,(H,24,26)(H,27,28). The number of carboxylic acids is 1. The second-order valence-corrected chi connectivity index (χ2v) is 6.23. The Kier molecular flexibility index (Phi) is 3.98. The summed E-state index contributed by atoms with van der Waals surface area (Å²) in [5.41, 5.74) is 2.45. The van der Waals surface area contributed by atoms with E-state index in [-0.39, 0.29) is 28.2 Å². The van der Waals surface area contributed by atoms with Crippen molar-refractivity contribution in [3.05, 3.63) is 88.5 Å². The van der Waals surface area contributed by atoms with E-state index in [2.05, 4.69) is 5.32 Å². The van der Waals surface area contributed by atoms with Crippen LogP contribution in [0.5, 0.6) is 0 Å². The number of carbonyl (C=O) groups is 3. The molecule has 3 aromatic carbocycles. The third-order valence-electron chi connectivity index (χ3n) is 4.63. The Morgan fingerprint density at radius 2 is 1.61 bits per heavy atom. The zero-order valence-electron chi connectivity index (χ0n) is 14.4. The predicted octanol–water partition coefficient (Wildman–Crippen LogP) is 3.72. The van der Waals surface area contributed by atoms with Gasteiger partial charge in [-0.25, -0.2) is 4.79 Å². The van der Waals surface area contributed by atoms with Crippen LogP contribution in [-0.4, -0.2) is 22.8 Å². The number of amides is 1. The zero-order chi connectivity index (χ0) is 19.8. The molecular formula is C22H12N2O4. The Morgan fingerprint density at radius 1 is 0.893 bits per heavy atom. The van der Waals surface area contributed by atoms with Crippen LogP contribution in [0.15, 0.2) is 60.7 Å². The largest absolute Gasteiger partial charge is 0.478 e. The number of carboxylic acid groups (broad SMARTS) is 1. The van der Waals surface area contributed by atoms with Crippen molar-refractivity contribution in [2.45, 2.75) is 0 Å². The van der Waals surface area contributed by atoms with E-state index in [0.717, 1.165) is 5.56 Å². The summed E-state index contributed by atoms with van der Waals surface area (Å²) in [6.45, 7) is 0. The van der Waals surface area contributed by atoms with Crippen molar-refractivity contribution < 1.29 is 19.5 Å². The molecule has 0 bridgehead atoms. The van der Waals surface area contributed by atoms with Crippen LogP contribution in [0.25, 0.3) is 11.1 Å². The number of anilines is 1. The van der Waals surface area contributed by atoms with E-state index >= 15 is 0 Å². The molecule has 1 amide bonds. The Labute approximate surface area is 159 Å². The van der Waals surface area contributed by atoms with Gasteiger partial charge in [0.15, 0.2) is 5.78 Å². The molecule has 0 fully saturated rings. The topological polar surface area (TPSA) is 107 Å². The average Bonchev–Trinajstić information content (AvgIpc) is 3.01. The second-order valence-electron chi connectivity index (χ2n) is 6.23. The van der Waals surface area contributed by atoms with Crippen molar-refractivity contribution in [3.63, 3.8) is 0 Å². The van der Waals surface area contributed by atoms with Crippen molar-refractivity contribution in [3.8, 4) is 17.2 Å². The summed E-state index contributed by atoms with van der Waals surface area (Å²) >= 11 is 0. The normalized spacial score (nSPS) is 11.3. The Bertz CT molecular complexity index is 1220. The summed E-state index contributed by atoms with van der Waals surface area (Å²) < 4.78 is 0. The van der Waals surface area contributed by atoms with Crippen LogP contribution in [0, 0.1) is 11.3 Å². The van der Waals surface area contributed by atoms with Crippen LogP contribution in [0.2, 0.25) is 0 Å². The number of aromatic carboxylic acids is 1. The quantitative estimate of drug-likeness (QED) is 0.573. The number of ketones is 1. The minimum absolute atomic E-state index is 0.0528. The summed E-state index contributed by atoms with van der Waals surface area (Å²) in [6, 6.07) is 17.9. The first kappa shape index (κ1) is 17.2. The van der Waals surface area contributed by atoms with Gasteiger partial charge in [-0.15, -0.1) is 0 Å². The second kappa shape index (κ2) is 6.49. The van der Waals surface area contributed by atoms with Gasteiger partial charge in [0.25, 0.3) is 5.91 Å². The van der Waals surface area contributed by atoms with Gasteiger partial charge >= 0.3 is 5.97 Å². The maximum Gasteiger partial charge on any atom is 0.337 e. The van der Waals surface area contributed by atoms with E-state index in [1.54, 1.807) is 24.3 Å². The van der Waals surface area contributed by atoms with Crippen molar-refractivity contribution in [1.82, 2.24) is 0 Å². The van der Waals surface area contributed by atoms with Gasteiger partial charge in [0.05, 0.1) is 28.4 Å². The van der Waals surface area contributed by atoms with Crippen molar-refractivity contribution >= 4 is 23.3 Å². The Morgan fingerprint density at radius 3 is 2.32 bits per heavy atom. The number of fused-ring (bicyclic) bond motifs is 3. The third-order valence-corrected chi connectivity index (χ3v) is 4.63. The molecule has 0 atom stereocenters. The number of hydrogen-bond acceptors (Lipinski definition) is 4. The molecule has 0 heterocycles. The molecule has 0 radical (unpaired) electrons. The number of nitrogens with zero attached hydrogens (tertiary/aromatic N) is 1. The lowest BCUT2D eigenvalue weighted by Gasteiger charge is -2.11. The van der Waals surface area contributed by atoms with E-state index in [9.17, 15) is 19.5 Å². The molecule has 0 unspecified atom stereocenters. The van der Waals surface area contributed by atoms with Gasteiger partial charge in [-0.3, -0.25) is 9.59 Å².